The maximum Gasteiger partial charge on any atom is 0.243 e. The summed E-state index contributed by atoms with van der Waals surface area (Å²) in [5.74, 6) is -0.201. The van der Waals surface area contributed by atoms with Crippen LogP contribution in [0.25, 0.3) is 0 Å². The highest BCUT2D eigenvalue weighted by Gasteiger charge is 2.50. The van der Waals surface area contributed by atoms with Crippen molar-refractivity contribution in [1.29, 1.82) is 0 Å². The third-order valence-corrected chi connectivity index (χ3v) is 5.57. The van der Waals surface area contributed by atoms with E-state index in [4.69, 9.17) is 23.2 Å². The van der Waals surface area contributed by atoms with E-state index in [1.807, 2.05) is 0 Å². The molecule has 0 radical (unpaired) electrons. The Balaban J connectivity index is 5.18. The van der Waals surface area contributed by atoms with Crippen LogP contribution in [-0.2, 0) is 9.84 Å². The highest BCUT2D eigenvalue weighted by molar-refractivity contribution is 7.95. The third-order valence-electron chi connectivity index (χ3n) is 1.93. The summed E-state index contributed by atoms with van der Waals surface area (Å²) in [6.07, 6.45) is -1.33. The molecule has 0 bridgehead atoms. The van der Waals surface area contributed by atoms with Crippen LogP contribution in [0.1, 0.15) is 27.7 Å². The van der Waals surface area contributed by atoms with Gasteiger partial charge in [0.15, 0.2) is 9.84 Å². The molecule has 1 unspecified atom stereocenters. The highest BCUT2D eigenvalue weighted by Crippen LogP contribution is 2.40. The monoisotopic (exact) mass is 262 g/mol. The molecule has 0 rings (SSSR count). The quantitative estimate of drug-likeness (QED) is 0.792. The first kappa shape index (κ1) is 14.5. The van der Waals surface area contributed by atoms with Gasteiger partial charge in [-0.2, -0.15) is 0 Å². The van der Waals surface area contributed by atoms with Gasteiger partial charge in [0, 0.05) is 0 Å². The van der Waals surface area contributed by atoms with Gasteiger partial charge in [-0.05, 0) is 5.41 Å². The Morgan fingerprint density at radius 1 is 1.29 bits per heavy atom. The standard InChI is InChI=1S/C8H16Cl2O3S/c1-5-14(12,13)8(9,10)6(11)7(2,3)4/h6,11H,5H2,1-4H3. The molecule has 14 heavy (non-hydrogen) atoms. The van der Waals surface area contributed by atoms with Crippen LogP contribution >= 0.6 is 23.2 Å². The molecule has 0 aliphatic heterocycles. The summed E-state index contributed by atoms with van der Waals surface area (Å²) in [6.45, 7) is 6.44. The minimum absolute atomic E-state index is 0.201. The van der Waals surface area contributed by atoms with Crippen molar-refractivity contribution in [2.75, 3.05) is 5.75 Å². The average Bonchev–Trinajstić information content (AvgIpc) is 2.01. The van der Waals surface area contributed by atoms with Crippen molar-refractivity contribution in [2.24, 2.45) is 5.41 Å². The molecule has 0 saturated carbocycles. The summed E-state index contributed by atoms with van der Waals surface area (Å²) >= 11 is 11.4. The predicted molar refractivity (Wildman–Crippen MR) is 59.4 cm³/mol. The normalized spacial score (nSPS) is 16.8. The number of halogens is 2. The zero-order valence-electron chi connectivity index (χ0n) is 8.71. The van der Waals surface area contributed by atoms with Crippen LogP contribution in [0, 0.1) is 5.41 Å². The van der Waals surface area contributed by atoms with Crippen molar-refractivity contribution in [3.8, 4) is 0 Å². The Morgan fingerprint density at radius 2 is 1.64 bits per heavy atom. The van der Waals surface area contributed by atoms with E-state index in [0.29, 0.717) is 0 Å². The van der Waals surface area contributed by atoms with Crippen LogP contribution in [0.5, 0.6) is 0 Å². The summed E-state index contributed by atoms with van der Waals surface area (Å²) in [4.78, 5) is 0. The van der Waals surface area contributed by atoms with Gasteiger partial charge in [-0.1, -0.05) is 50.9 Å². The summed E-state index contributed by atoms with van der Waals surface area (Å²) in [5, 5.41) is 9.74. The molecule has 0 aliphatic rings. The van der Waals surface area contributed by atoms with E-state index in [0.717, 1.165) is 0 Å². The zero-order valence-corrected chi connectivity index (χ0v) is 11.0. The van der Waals surface area contributed by atoms with Gasteiger partial charge in [0.25, 0.3) is 0 Å². The van der Waals surface area contributed by atoms with Crippen molar-refractivity contribution < 1.29 is 13.5 Å². The van der Waals surface area contributed by atoms with Crippen molar-refractivity contribution >= 4 is 33.0 Å². The fraction of sp³-hybridized carbons (Fsp3) is 1.00. The summed E-state index contributed by atoms with van der Waals surface area (Å²) in [7, 11) is -3.70. The van der Waals surface area contributed by atoms with E-state index >= 15 is 0 Å². The van der Waals surface area contributed by atoms with Gasteiger partial charge in [0.2, 0.25) is 3.67 Å². The smallest absolute Gasteiger partial charge is 0.243 e. The first-order valence-corrected chi connectivity index (χ1v) is 6.65. The zero-order chi connectivity index (χ0) is 11.8. The van der Waals surface area contributed by atoms with Crippen molar-refractivity contribution in [3.63, 3.8) is 0 Å². The molecule has 0 amide bonds. The molecule has 0 saturated heterocycles. The Labute approximate surface area is 95.3 Å². The third kappa shape index (κ3) is 2.75. The number of aliphatic hydroxyl groups is 1. The second-order valence-corrected chi connectivity index (χ2v) is 8.52. The molecular weight excluding hydrogens is 247 g/mol. The van der Waals surface area contributed by atoms with Crippen LogP contribution < -0.4 is 0 Å². The number of aliphatic hydroxyl groups excluding tert-OH is 1. The van der Waals surface area contributed by atoms with Gasteiger partial charge in [0.1, 0.15) is 6.10 Å². The Bertz CT molecular complexity index is 290. The van der Waals surface area contributed by atoms with Gasteiger partial charge in [-0.15, -0.1) is 0 Å². The molecule has 0 aliphatic carbocycles. The SMILES string of the molecule is CCS(=O)(=O)C(Cl)(Cl)C(O)C(C)(C)C. The molecule has 86 valence electrons. The Morgan fingerprint density at radius 3 is 1.86 bits per heavy atom. The number of sulfone groups is 1. The summed E-state index contributed by atoms with van der Waals surface area (Å²) in [5.41, 5.74) is -0.689. The van der Waals surface area contributed by atoms with Crippen molar-refractivity contribution in [2.45, 2.75) is 37.5 Å². The maximum absolute atomic E-state index is 11.5. The lowest BCUT2D eigenvalue weighted by Crippen LogP contribution is -2.47. The molecule has 0 aromatic carbocycles. The lowest BCUT2D eigenvalue weighted by molar-refractivity contribution is 0.0661. The molecule has 1 atom stereocenters. The number of hydrogen-bond donors (Lipinski definition) is 1. The van der Waals surface area contributed by atoms with Crippen LogP contribution in [0.3, 0.4) is 0 Å². The second-order valence-electron chi connectivity index (χ2n) is 4.23. The fourth-order valence-corrected chi connectivity index (χ4v) is 3.25. The van der Waals surface area contributed by atoms with Crippen LogP contribution in [0.2, 0.25) is 0 Å². The minimum atomic E-state index is -3.70. The van der Waals surface area contributed by atoms with E-state index in [9.17, 15) is 13.5 Å². The number of hydrogen-bond acceptors (Lipinski definition) is 3. The Hall–Kier alpha value is 0.490. The topological polar surface area (TPSA) is 54.4 Å². The van der Waals surface area contributed by atoms with Gasteiger partial charge in [0.05, 0.1) is 5.75 Å². The lowest BCUT2D eigenvalue weighted by Gasteiger charge is -2.34. The number of alkyl halides is 2. The van der Waals surface area contributed by atoms with Gasteiger partial charge < -0.3 is 5.11 Å². The number of rotatable bonds is 3. The van der Waals surface area contributed by atoms with Gasteiger partial charge in [-0.3, -0.25) is 0 Å². The van der Waals surface area contributed by atoms with Gasteiger partial charge in [-0.25, -0.2) is 8.42 Å². The van der Waals surface area contributed by atoms with E-state index in [1.165, 1.54) is 6.92 Å². The average molecular weight is 263 g/mol. The molecule has 1 N–H and O–H groups in total. The molecule has 0 aromatic heterocycles. The van der Waals surface area contributed by atoms with E-state index in [-0.39, 0.29) is 5.75 Å². The van der Waals surface area contributed by atoms with Crippen LogP contribution in [-0.4, -0.2) is 29.0 Å². The summed E-state index contributed by atoms with van der Waals surface area (Å²) < 4.78 is 20.8. The van der Waals surface area contributed by atoms with Crippen LogP contribution in [0.4, 0.5) is 0 Å². The largest absolute Gasteiger partial charge is 0.388 e. The first-order chi connectivity index (χ1) is 5.97. The second kappa shape index (κ2) is 4.16. The first-order valence-electron chi connectivity index (χ1n) is 4.25. The fourth-order valence-electron chi connectivity index (χ4n) is 0.867. The van der Waals surface area contributed by atoms with Crippen molar-refractivity contribution in [3.05, 3.63) is 0 Å². The Kier molecular flexibility index (Phi) is 4.31. The lowest BCUT2D eigenvalue weighted by atomic mass is 9.90. The molecule has 0 aromatic rings. The van der Waals surface area contributed by atoms with E-state index in [2.05, 4.69) is 0 Å². The maximum atomic E-state index is 11.5. The molecular formula is C8H16Cl2O3S. The van der Waals surface area contributed by atoms with E-state index < -0.39 is 25.0 Å². The molecule has 3 nitrogen and oxygen atoms in total. The van der Waals surface area contributed by atoms with E-state index in [1.54, 1.807) is 20.8 Å². The molecule has 6 heteroatoms. The minimum Gasteiger partial charge on any atom is -0.388 e. The predicted octanol–water partition coefficient (Wildman–Crippen LogP) is 1.96. The molecule has 0 spiro atoms. The van der Waals surface area contributed by atoms with Crippen LogP contribution in [0.15, 0.2) is 0 Å². The van der Waals surface area contributed by atoms with Crippen molar-refractivity contribution in [1.82, 2.24) is 0 Å². The highest BCUT2D eigenvalue weighted by atomic mass is 35.5. The van der Waals surface area contributed by atoms with Gasteiger partial charge >= 0.3 is 0 Å². The molecule has 0 heterocycles. The summed E-state index contributed by atoms with van der Waals surface area (Å²) in [6, 6.07) is 0. The molecule has 0 fully saturated rings.